The molecule has 4 rings (SSSR count). The summed E-state index contributed by atoms with van der Waals surface area (Å²) in [7, 11) is -3.40. The van der Waals surface area contributed by atoms with Crippen LogP contribution in [0, 0.1) is 0 Å². The normalized spacial score (nSPS) is 19.2. The molecule has 2 aliphatic heterocycles. The molecular weight excluding hydrogens is 435 g/mol. The van der Waals surface area contributed by atoms with Crippen molar-refractivity contribution in [3.05, 3.63) is 63.7 Å². The molecule has 0 unspecified atom stereocenters. The van der Waals surface area contributed by atoms with E-state index in [0.717, 1.165) is 13.1 Å². The zero-order valence-electron chi connectivity index (χ0n) is 18.4. The molecular formula is C23H29FN2O5S. The standard InChI is InChI=1S/C23H29FN2O5S/c1-17(2)32(28,29)26-9-7-23(24,8-10-26)16-31-22-15-30-20(11-21(22)27)14-25-12-18-5-3-4-6-19(18)13-25/h3-6,11,15,17H,7-10,12-14,16H2,1-2H3. The van der Waals surface area contributed by atoms with Gasteiger partial charge in [0.1, 0.15) is 24.3 Å². The molecule has 1 aromatic carbocycles. The Bertz CT molecular complexity index is 1100. The van der Waals surface area contributed by atoms with Crippen LogP contribution in [0.3, 0.4) is 0 Å². The van der Waals surface area contributed by atoms with Gasteiger partial charge in [-0.15, -0.1) is 0 Å². The van der Waals surface area contributed by atoms with Crippen LogP contribution >= 0.6 is 0 Å². The van der Waals surface area contributed by atoms with Gasteiger partial charge in [0.2, 0.25) is 21.2 Å². The van der Waals surface area contributed by atoms with Crippen molar-refractivity contribution in [3.8, 4) is 5.75 Å². The van der Waals surface area contributed by atoms with Crippen molar-refractivity contribution in [2.75, 3.05) is 19.7 Å². The Morgan fingerprint density at radius 3 is 2.34 bits per heavy atom. The summed E-state index contributed by atoms with van der Waals surface area (Å²) in [5, 5.41) is -0.538. The summed E-state index contributed by atoms with van der Waals surface area (Å²) in [5.41, 5.74) is 0.507. The van der Waals surface area contributed by atoms with Crippen LogP contribution in [0.1, 0.15) is 43.6 Å². The summed E-state index contributed by atoms with van der Waals surface area (Å²) in [4.78, 5) is 14.6. The Balaban J connectivity index is 1.31. The van der Waals surface area contributed by atoms with Crippen molar-refractivity contribution in [1.29, 1.82) is 0 Å². The van der Waals surface area contributed by atoms with Gasteiger partial charge in [-0.3, -0.25) is 9.69 Å². The summed E-state index contributed by atoms with van der Waals surface area (Å²) in [6, 6.07) is 9.61. The van der Waals surface area contributed by atoms with E-state index in [1.165, 1.54) is 27.8 Å². The van der Waals surface area contributed by atoms with Gasteiger partial charge in [-0.2, -0.15) is 0 Å². The number of hydrogen-bond acceptors (Lipinski definition) is 6. The molecule has 0 atom stereocenters. The van der Waals surface area contributed by atoms with Crippen molar-refractivity contribution < 1.29 is 22.0 Å². The lowest BCUT2D eigenvalue weighted by Gasteiger charge is -2.36. The number of nitrogens with zero attached hydrogens (tertiary/aromatic N) is 2. The second-order valence-corrected chi connectivity index (χ2v) is 11.4. The van der Waals surface area contributed by atoms with Crippen LogP contribution in [-0.2, 0) is 29.7 Å². The Kier molecular flexibility index (Phi) is 6.42. The lowest BCUT2D eigenvalue weighted by atomic mass is 9.95. The SMILES string of the molecule is CC(C)S(=O)(=O)N1CCC(F)(COc2coc(CN3Cc4ccccc4C3)cc2=O)CC1. The fraction of sp³-hybridized carbons (Fsp3) is 0.522. The van der Waals surface area contributed by atoms with Crippen LogP contribution in [0.25, 0.3) is 0 Å². The minimum Gasteiger partial charge on any atom is -0.483 e. The van der Waals surface area contributed by atoms with Crippen LogP contribution in [0.15, 0.2) is 45.8 Å². The van der Waals surface area contributed by atoms with E-state index in [1.807, 2.05) is 12.1 Å². The maximum Gasteiger partial charge on any atom is 0.227 e. The van der Waals surface area contributed by atoms with Crippen LogP contribution in [0.5, 0.6) is 5.75 Å². The molecule has 1 fully saturated rings. The fourth-order valence-corrected chi connectivity index (χ4v) is 5.44. The van der Waals surface area contributed by atoms with Crippen LogP contribution in [-0.4, -0.2) is 48.2 Å². The summed E-state index contributed by atoms with van der Waals surface area (Å²) in [6.07, 6.45) is 1.29. The summed E-state index contributed by atoms with van der Waals surface area (Å²) in [6.45, 7) is 5.21. The Morgan fingerprint density at radius 1 is 1.16 bits per heavy atom. The van der Waals surface area contributed by atoms with Gasteiger partial charge in [0.15, 0.2) is 0 Å². The maximum absolute atomic E-state index is 15.1. The quantitative estimate of drug-likeness (QED) is 0.627. The lowest BCUT2D eigenvalue weighted by Crippen LogP contribution is -2.48. The predicted octanol–water partition coefficient (Wildman–Crippen LogP) is 3.08. The average molecular weight is 465 g/mol. The van der Waals surface area contributed by atoms with Gasteiger partial charge in [0, 0.05) is 32.2 Å². The third-order valence-electron chi connectivity index (χ3n) is 6.20. The molecule has 2 aliphatic rings. The molecule has 32 heavy (non-hydrogen) atoms. The molecule has 3 heterocycles. The first-order chi connectivity index (χ1) is 15.2. The van der Waals surface area contributed by atoms with Crippen molar-refractivity contribution in [2.24, 2.45) is 0 Å². The number of sulfonamides is 1. The number of hydrogen-bond donors (Lipinski definition) is 0. The van der Waals surface area contributed by atoms with Crippen molar-refractivity contribution >= 4 is 10.0 Å². The largest absolute Gasteiger partial charge is 0.483 e. The van der Waals surface area contributed by atoms with Gasteiger partial charge in [0.25, 0.3) is 0 Å². The van der Waals surface area contributed by atoms with E-state index in [0.29, 0.717) is 12.3 Å². The first-order valence-electron chi connectivity index (χ1n) is 10.9. The molecule has 0 saturated carbocycles. The molecule has 0 N–H and O–H groups in total. The molecule has 0 aliphatic carbocycles. The van der Waals surface area contributed by atoms with Crippen LogP contribution in [0.4, 0.5) is 4.39 Å². The topological polar surface area (TPSA) is 80.1 Å². The molecule has 0 radical (unpaired) electrons. The minimum absolute atomic E-state index is 0.0257. The summed E-state index contributed by atoms with van der Waals surface area (Å²) < 4.78 is 52.0. The number of benzene rings is 1. The van der Waals surface area contributed by atoms with Gasteiger partial charge in [-0.05, 0) is 37.8 Å². The van der Waals surface area contributed by atoms with Crippen molar-refractivity contribution in [2.45, 2.75) is 57.2 Å². The zero-order valence-corrected chi connectivity index (χ0v) is 19.2. The monoisotopic (exact) mass is 464 g/mol. The van der Waals surface area contributed by atoms with E-state index in [2.05, 4.69) is 17.0 Å². The second-order valence-electron chi connectivity index (χ2n) is 8.92. The highest BCUT2D eigenvalue weighted by Gasteiger charge is 2.40. The zero-order chi connectivity index (χ0) is 22.9. The average Bonchev–Trinajstić information content (AvgIpc) is 3.15. The molecule has 0 amide bonds. The molecule has 0 spiro atoms. The van der Waals surface area contributed by atoms with Crippen molar-refractivity contribution in [1.82, 2.24) is 9.21 Å². The number of halogens is 1. The van der Waals surface area contributed by atoms with Crippen LogP contribution < -0.4 is 10.2 Å². The summed E-state index contributed by atoms with van der Waals surface area (Å²) >= 11 is 0. The second kappa shape index (κ2) is 8.96. The first-order valence-corrected chi connectivity index (χ1v) is 12.4. The Hall–Kier alpha value is -2.23. The highest BCUT2D eigenvalue weighted by molar-refractivity contribution is 7.89. The third kappa shape index (κ3) is 4.89. The molecule has 1 saturated heterocycles. The van der Waals surface area contributed by atoms with Crippen LogP contribution in [0.2, 0.25) is 0 Å². The van der Waals surface area contributed by atoms with Gasteiger partial charge in [-0.25, -0.2) is 17.1 Å². The molecule has 0 bridgehead atoms. The minimum atomic E-state index is -3.40. The molecule has 174 valence electrons. The van der Waals surface area contributed by atoms with Gasteiger partial charge in [-0.1, -0.05) is 24.3 Å². The molecule has 2 aromatic rings. The van der Waals surface area contributed by atoms with E-state index in [4.69, 9.17) is 9.15 Å². The summed E-state index contributed by atoms with van der Waals surface area (Å²) in [5.74, 6) is 0.491. The van der Waals surface area contributed by atoms with E-state index in [9.17, 15) is 13.2 Å². The smallest absolute Gasteiger partial charge is 0.227 e. The molecule has 9 heteroatoms. The third-order valence-corrected chi connectivity index (χ3v) is 8.47. The maximum atomic E-state index is 15.1. The number of rotatable bonds is 7. The van der Waals surface area contributed by atoms with E-state index in [1.54, 1.807) is 13.8 Å². The lowest BCUT2D eigenvalue weighted by molar-refractivity contribution is 0.0354. The van der Waals surface area contributed by atoms with Crippen molar-refractivity contribution in [3.63, 3.8) is 0 Å². The van der Waals surface area contributed by atoms with Gasteiger partial charge >= 0.3 is 0 Å². The fourth-order valence-electron chi connectivity index (χ4n) is 4.15. The van der Waals surface area contributed by atoms with E-state index in [-0.39, 0.29) is 43.7 Å². The number of piperidine rings is 1. The number of alkyl halides is 1. The highest BCUT2D eigenvalue weighted by atomic mass is 32.2. The highest BCUT2D eigenvalue weighted by Crippen LogP contribution is 2.30. The van der Waals surface area contributed by atoms with Gasteiger partial charge < -0.3 is 9.15 Å². The molecule has 1 aromatic heterocycles. The number of ether oxygens (including phenoxy) is 1. The van der Waals surface area contributed by atoms with E-state index >= 15 is 4.39 Å². The first kappa shape index (κ1) is 22.9. The Labute approximate surface area is 187 Å². The van der Waals surface area contributed by atoms with Gasteiger partial charge in [0.05, 0.1) is 11.8 Å². The molecule has 7 nitrogen and oxygen atoms in total. The Morgan fingerprint density at radius 2 is 1.78 bits per heavy atom. The number of fused-ring (bicyclic) bond motifs is 1. The van der Waals surface area contributed by atoms with E-state index < -0.39 is 20.9 Å². The predicted molar refractivity (Wildman–Crippen MR) is 119 cm³/mol.